The molecule has 14 heavy (non-hydrogen) atoms. The topological polar surface area (TPSA) is 12.5 Å². The molecule has 1 saturated heterocycles. The summed E-state index contributed by atoms with van der Waals surface area (Å²) in [7, 11) is 0. The molecule has 1 rings (SSSR count). The SMILES string of the molecule is CCC(CC)CN1CCOCC1(C)C. The highest BCUT2D eigenvalue weighted by molar-refractivity contribution is 4.85. The van der Waals surface area contributed by atoms with E-state index in [0.717, 1.165) is 25.7 Å². The highest BCUT2D eigenvalue weighted by atomic mass is 16.5. The van der Waals surface area contributed by atoms with Gasteiger partial charge < -0.3 is 4.74 Å². The minimum atomic E-state index is 0.237. The lowest BCUT2D eigenvalue weighted by Gasteiger charge is -2.43. The summed E-state index contributed by atoms with van der Waals surface area (Å²) < 4.78 is 5.52. The molecule has 2 heteroatoms. The van der Waals surface area contributed by atoms with Crippen LogP contribution < -0.4 is 0 Å². The first-order valence-electron chi connectivity index (χ1n) is 5.93. The second-order valence-electron chi connectivity index (χ2n) is 4.99. The van der Waals surface area contributed by atoms with E-state index in [9.17, 15) is 0 Å². The van der Waals surface area contributed by atoms with Crippen LogP contribution in [0.3, 0.4) is 0 Å². The zero-order valence-corrected chi connectivity index (χ0v) is 10.2. The molecule has 1 aliphatic rings. The number of hydrogen-bond acceptors (Lipinski definition) is 2. The van der Waals surface area contributed by atoms with Crippen molar-refractivity contribution in [1.29, 1.82) is 0 Å². The van der Waals surface area contributed by atoms with Gasteiger partial charge in [-0.15, -0.1) is 0 Å². The third kappa shape index (κ3) is 2.96. The quantitative estimate of drug-likeness (QED) is 0.690. The lowest BCUT2D eigenvalue weighted by molar-refractivity contribution is -0.0575. The third-order valence-electron chi connectivity index (χ3n) is 3.45. The molecule has 1 aliphatic heterocycles. The van der Waals surface area contributed by atoms with E-state index in [1.54, 1.807) is 0 Å². The fourth-order valence-electron chi connectivity index (χ4n) is 2.09. The molecular weight excluding hydrogens is 174 g/mol. The highest BCUT2D eigenvalue weighted by Crippen LogP contribution is 2.22. The molecule has 0 unspecified atom stereocenters. The molecule has 1 fully saturated rings. The molecule has 1 heterocycles. The summed E-state index contributed by atoms with van der Waals surface area (Å²) in [6, 6.07) is 0. The number of ether oxygens (including phenoxy) is 1. The van der Waals surface area contributed by atoms with Gasteiger partial charge in [0.15, 0.2) is 0 Å². The van der Waals surface area contributed by atoms with Crippen LogP contribution in [0.25, 0.3) is 0 Å². The van der Waals surface area contributed by atoms with Crippen LogP contribution in [0.1, 0.15) is 40.5 Å². The van der Waals surface area contributed by atoms with Gasteiger partial charge in [0, 0.05) is 18.6 Å². The van der Waals surface area contributed by atoms with Crippen molar-refractivity contribution in [3.8, 4) is 0 Å². The van der Waals surface area contributed by atoms with E-state index in [2.05, 4.69) is 32.6 Å². The van der Waals surface area contributed by atoms with E-state index in [4.69, 9.17) is 4.74 Å². The zero-order valence-electron chi connectivity index (χ0n) is 10.2. The first kappa shape index (κ1) is 12.0. The molecule has 2 nitrogen and oxygen atoms in total. The Balaban J connectivity index is 2.48. The van der Waals surface area contributed by atoms with E-state index < -0.39 is 0 Å². The predicted octanol–water partition coefficient (Wildman–Crippen LogP) is 2.53. The Morgan fingerprint density at radius 3 is 2.43 bits per heavy atom. The van der Waals surface area contributed by atoms with Crippen molar-refractivity contribution in [2.24, 2.45) is 5.92 Å². The first-order valence-corrected chi connectivity index (χ1v) is 5.93. The normalized spacial score (nSPS) is 22.9. The van der Waals surface area contributed by atoms with Gasteiger partial charge in [0.25, 0.3) is 0 Å². The van der Waals surface area contributed by atoms with Gasteiger partial charge in [0.05, 0.1) is 13.2 Å². The molecule has 0 spiro atoms. The van der Waals surface area contributed by atoms with Crippen LogP contribution in [0, 0.1) is 5.92 Å². The molecular formula is C12H25NO. The predicted molar refractivity (Wildman–Crippen MR) is 60.5 cm³/mol. The smallest absolute Gasteiger partial charge is 0.0645 e. The zero-order chi connectivity index (χ0) is 10.6. The van der Waals surface area contributed by atoms with Gasteiger partial charge in [-0.25, -0.2) is 0 Å². The summed E-state index contributed by atoms with van der Waals surface area (Å²) >= 11 is 0. The van der Waals surface area contributed by atoms with E-state index in [-0.39, 0.29) is 5.54 Å². The average Bonchev–Trinajstić information content (AvgIpc) is 2.16. The standard InChI is InChI=1S/C12H25NO/c1-5-11(6-2)9-13-7-8-14-10-12(13,3)4/h11H,5-10H2,1-4H3. The van der Waals surface area contributed by atoms with E-state index in [1.807, 2.05) is 0 Å². The van der Waals surface area contributed by atoms with E-state index in [1.165, 1.54) is 19.4 Å². The van der Waals surface area contributed by atoms with Crippen molar-refractivity contribution < 1.29 is 4.74 Å². The Morgan fingerprint density at radius 1 is 1.29 bits per heavy atom. The van der Waals surface area contributed by atoms with Crippen molar-refractivity contribution >= 4 is 0 Å². The summed E-state index contributed by atoms with van der Waals surface area (Å²) in [5.41, 5.74) is 0.237. The van der Waals surface area contributed by atoms with Crippen molar-refractivity contribution in [2.75, 3.05) is 26.3 Å². The van der Waals surface area contributed by atoms with Gasteiger partial charge >= 0.3 is 0 Å². The maximum absolute atomic E-state index is 5.52. The van der Waals surface area contributed by atoms with Gasteiger partial charge in [-0.05, 0) is 19.8 Å². The van der Waals surface area contributed by atoms with Crippen molar-refractivity contribution in [2.45, 2.75) is 46.1 Å². The number of nitrogens with zero attached hydrogens (tertiary/aromatic N) is 1. The Kier molecular flexibility index (Phi) is 4.39. The number of morpholine rings is 1. The molecule has 0 atom stereocenters. The molecule has 0 aromatic carbocycles. The minimum Gasteiger partial charge on any atom is -0.378 e. The van der Waals surface area contributed by atoms with Crippen LogP contribution in [-0.2, 0) is 4.74 Å². The first-order chi connectivity index (χ1) is 6.60. The monoisotopic (exact) mass is 199 g/mol. The van der Waals surface area contributed by atoms with Gasteiger partial charge in [-0.3, -0.25) is 4.90 Å². The maximum atomic E-state index is 5.52. The Bertz CT molecular complexity index is 164. The second-order valence-corrected chi connectivity index (χ2v) is 4.99. The van der Waals surface area contributed by atoms with E-state index >= 15 is 0 Å². The fraction of sp³-hybridized carbons (Fsp3) is 1.00. The summed E-state index contributed by atoms with van der Waals surface area (Å²) in [4.78, 5) is 2.59. The Labute approximate surface area is 88.6 Å². The molecule has 0 aromatic rings. The van der Waals surface area contributed by atoms with Crippen molar-refractivity contribution in [1.82, 2.24) is 4.90 Å². The average molecular weight is 199 g/mol. The Morgan fingerprint density at radius 2 is 1.93 bits per heavy atom. The molecule has 0 saturated carbocycles. The van der Waals surface area contributed by atoms with Gasteiger partial charge in [0.2, 0.25) is 0 Å². The molecule has 0 amide bonds. The maximum Gasteiger partial charge on any atom is 0.0645 e. The molecule has 0 aromatic heterocycles. The molecule has 0 aliphatic carbocycles. The van der Waals surface area contributed by atoms with Crippen molar-refractivity contribution in [3.05, 3.63) is 0 Å². The summed E-state index contributed by atoms with van der Waals surface area (Å²) in [6.07, 6.45) is 2.59. The number of hydrogen-bond donors (Lipinski definition) is 0. The third-order valence-corrected chi connectivity index (χ3v) is 3.45. The summed E-state index contributed by atoms with van der Waals surface area (Å²) in [5, 5.41) is 0. The second kappa shape index (κ2) is 5.13. The Hall–Kier alpha value is -0.0800. The summed E-state index contributed by atoms with van der Waals surface area (Å²) in [5.74, 6) is 0.854. The van der Waals surface area contributed by atoms with E-state index in [0.29, 0.717) is 0 Å². The van der Waals surface area contributed by atoms with Crippen LogP contribution in [-0.4, -0.2) is 36.7 Å². The van der Waals surface area contributed by atoms with Crippen LogP contribution in [0.4, 0.5) is 0 Å². The molecule has 0 radical (unpaired) electrons. The molecule has 0 N–H and O–H groups in total. The summed E-state index contributed by atoms with van der Waals surface area (Å²) in [6.45, 7) is 13.3. The highest BCUT2D eigenvalue weighted by Gasteiger charge is 2.31. The van der Waals surface area contributed by atoms with Gasteiger partial charge in [-0.1, -0.05) is 26.7 Å². The fourth-order valence-corrected chi connectivity index (χ4v) is 2.09. The van der Waals surface area contributed by atoms with Crippen molar-refractivity contribution in [3.63, 3.8) is 0 Å². The van der Waals surface area contributed by atoms with Crippen LogP contribution in [0.2, 0.25) is 0 Å². The van der Waals surface area contributed by atoms with Gasteiger partial charge in [-0.2, -0.15) is 0 Å². The van der Waals surface area contributed by atoms with Crippen LogP contribution >= 0.6 is 0 Å². The largest absolute Gasteiger partial charge is 0.378 e. The van der Waals surface area contributed by atoms with Crippen LogP contribution in [0.15, 0.2) is 0 Å². The number of rotatable bonds is 4. The van der Waals surface area contributed by atoms with Gasteiger partial charge in [0.1, 0.15) is 0 Å². The van der Waals surface area contributed by atoms with Crippen LogP contribution in [0.5, 0.6) is 0 Å². The molecule has 84 valence electrons. The lowest BCUT2D eigenvalue weighted by Crippen LogP contribution is -2.54. The lowest BCUT2D eigenvalue weighted by atomic mass is 9.97. The minimum absolute atomic E-state index is 0.237. The molecule has 0 bridgehead atoms.